The summed E-state index contributed by atoms with van der Waals surface area (Å²) in [5.41, 5.74) is 2.88. The molecule has 2 heterocycles. The number of unbranched alkanes of at least 4 members (excludes halogenated alkanes) is 2. The van der Waals surface area contributed by atoms with Gasteiger partial charge < -0.3 is 33.5 Å². The molecule has 15 nitrogen and oxygen atoms in total. The van der Waals surface area contributed by atoms with Crippen LogP contribution >= 0.6 is 45.2 Å². The van der Waals surface area contributed by atoms with Crippen molar-refractivity contribution in [2.24, 2.45) is 0 Å². The van der Waals surface area contributed by atoms with E-state index in [1.165, 1.54) is 10.5 Å². The lowest BCUT2D eigenvalue weighted by atomic mass is 9.99. The minimum absolute atomic E-state index is 0.0208. The van der Waals surface area contributed by atoms with E-state index in [9.17, 15) is 5.11 Å². The molecule has 318 valence electrons. The normalized spacial score (nSPS) is 11.1. The average Bonchev–Trinajstić information content (AvgIpc) is 3.20. The Balaban J connectivity index is 1.79. The van der Waals surface area contributed by atoms with Gasteiger partial charge in [0.05, 0.1) is 77.1 Å². The highest BCUT2D eigenvalue weighted by Gasteiger charge is 2.12. The molecule has 3 aromatic rings. The van der Waals surface area contributed by atoms with Crippen molar-refractivity contribution >= 4 is 45.2 Å². The van der Waals surface area contributed by atoms with Crippen LogP contribution in [0, 0.1) is 31.1 Å². The summed E-state index contributed by atoms with van der Waals surface area (Å²) >= 11 is 4.25. The standard InChI is InChI=1S/C41H54I2N4O11/c1-6-7-8-9-32-26-33(10-12-35-28-37(30-39(42)44-35)53-16-14-46(55-22-18-49-2)56-23-19-50-3)41(48)34(27-32)11-13-36-29-38(31-40(43)45-36)54-17-15-47(57-24-20-51-4)58-25-21-52-5/h26-31,48H,6-9,14-25H2,1-5H3. The van der Waals surface area contributed by atoms with Crippen molar-refractivity contribution in [2.75, 3.05) is 108 Å². The third kappa shape index (κ3) is 20.4. The number of hydrogen-bond acceptors (Lipinski definition) is 15. The summed E-state index contributed by atoms with van der Waals surface area (Å²) in [6.07, 6.45) is 3.99. The Morgan fingerprint density at radius 2 is 0.966 bits per heavy atom. The van der Waals surface area contributed by atoms with Crippen LogP contribution in [0.4, 0.5) is 0 Å². The first-order chi connectivity index (χ1) is 28.3. The summed E-state index contributed by atoms with van der Waals surface area (Å²) < 4.78 is 33.7. The fraction of sp³-hybridized carbons (Fsp3) is 0.512. The van der Waals surface area contributed by atoms with Gasteiger partial charge in [-0.25, -0.2) is 9.97 Å². The number of methoxy groups -OCH3 is 4. The molecule has 2 aromatic heterocycles. The molecule has 0 saturated heterocycles. The van der Waals surface area contributed by atoms with Gasteiger partial charge in [-0.3, -0.25) is 19.4 Å². The van der Waals surface area contributed by atoms with Crippen LogP contribution in [-0.4, -0.2) is 133 Å². The zero-order chi connectivity index (χ0) is 41.8. The average molecular weight is 1030 g/mol. The van der Waals surface area contributed by atoms with Crippen molar-refractivity contribution in [3.8, 4) is 40.9 Å². The van der Waals surface area contributed by atoms with Crippen LogP contribution < -0.4 is 9.47 Å². The van der Waals surface area contributed by atoms with Crippen molar-refractivity contribution in [2.45, 2.75) is 32.6 Å². The van der Waals surface area contributed by atoms with Gasteiger partial charge in [0.1, 0.15) is 49.3 Å². The molecule has 0 saturated carbocycles. The van der Waals surface area contributed by atoms with E-state index in [-0.39, 0.29) is 19.0 Å². The van der Waals surface area contributed by atoms with Crippen molar-refractivity contribution in [3.05, 3.63) is 71.9 Å². The number of hydrogen-bond donors (Lipinski definition) is 1. The van der Waals surface area contributed by atoms with E-state index in [0.29, 0.717) is 107 Å². The van der Waals surface area contributed by atoms with E-state index in [1.54, 1.807) is 40.6 Å². The monoisotopic (exact) mass is 1030 g/mol. The maximum Gasteiger partial charge on any atom is 0.146 e. The second kappa shape index (κ2) is 30.2. The van der Waals surface area contributed by atoms with Crippen LogP contribution in [0.1, 0.15) is 54.3 Å². The highest BCUT2D eigenvalue weighted by Crippen LogP contribution is 2.26. The van der Waals surface area contributed by atoms with Gasteiger partial charge in [0, 0.05) is 52.7 Å². The molecule has 0 aliphatic heterocycles. The van der Waals surface area contributed by atoms with Crippen molar-refractivity contribution in [1.29, 1.82) is 0 Å². The number of hydroxylamine groups is 4. The Labute approximate surface area is 369 Å². The topological polar surface area (TPSA) is 145 Å². The quantitative estimate of drug-likeness (QED) is 0.0317. The summed E-state index contributed by atoms with van der Waals surface area (Å²) in [5, 5.41) is 14.1. The molecule has 0 aliphatic carbocycles. The van der Waals surface area contributed by atoms with Crippen LogP contribution in [0.5, 0.6) is 17.2 Å². The summed E-state index contributed by atoms with van der Waals surface area (Å²) in [4.78, 5) is 31.6. The maximum absolute atomic E-state index is 11.4. The van der Waals surface area contributed by atoms with Gasteiger partial charge >= 0.3 is 0 Å². The molecule has 58 heavy (non-hydrogen) atoms. The van der Waals surface area contributed by atoms with Gasteiger partial charge in [-0.1, -0.05) is 42.1 Å². The molecule has 0 amide bonds. The van der Waals surface area contributed by atoms with Gasteiger partial charge in [-0.2, -0.15) is 0 Å². The number of aromatic hydroxyl groups is 1. The van der Waals surface area contributed by atoms with Crippen LogP contribution in [0.3, 0.4) is 0 Å². The molecule has 0 fully saturated rings. The number of phenolic OH excluding ortho intramolecular Hbond substituents is 1. The van der Waals surface area contributed by atoms with E-state index in [1.807, 2.05) is 24.3 Å². The fourth-order valence-corrected chi connectivity index (χ4v) is 5.94. The Morgan fingerprint density at radius 3 is 1.34 bits per heavy atom. The first-order valence-corrected chi connectivity index (χ1v) is 21.0. The van der Waals surface area contributed by atoms with Gasteiger partial charge in [0.15, 0.2) is 0 Å². The molecule has 17 heteroatoms. The fourth-order valence-electron chi connectivity index (χ4n) is 4.81. The van der Waals surface area contributed by atoms with Gasteiger partial charge in [0.25, 0.3) is 0 Å². The van der Waals surface area contributed by atoms with E-state index in [4.69, 9.17) is 47.8 Å². The predicted molar refractivity (Wildman–Crippen MR) is 233 cm³/mol. The Hall–Kier alpha value is -2.90. The number of aromatic nitrogens is 2. The van der Waals surface area contributed by atoms with E-state index < -0.39 is 0 Å². The Kier molecular flexibility index (Phi) is 25.7. The molecular formula is C41H54I2N4O11. The van der Waals surface area contributed by atoms with E-state index in [0.717, 1.165) is 31.2 Å². The second-order valence-corrected chi connectivity index (χ2v) is 14.3. The van der Waals surface area contributed by atoms with E-state index in [2.05, 4.69) is 85.8 Å². The third-order valence-electron chi connectivity index (χ3n) is 7.60. The molecule has 1 aromatic carbocycles. The molecule has 0 aliphatic rings. The predicted octanol–water partition coefficient (Wildman–Crippen LogP) is 5.60. The Bertz CT molecular complexity index is 1630. The number of rotatable bonds is 28. The number of benzene rings is 1. The maximum atomic E-state index is 11.4. The van der Waals surface area contributed by atoms with Gasteiger partial charge in [-0.15, -0.1) is 0 Å². The number of phenols is 1. The smallest absolute Gasteiger partial charge is 0.146 e. The highest BCUT2D eigenvalue weighted by atomic mass is 127. The lowest BCUT2D eigenvalue weighted by Gasteiger charge is -2.21. The minimum atomic E-state index is -0.0208. The molecular weight excluding hydrogens is 978 g/mol. The lowest BCUT2D eigenvalue weighted by molar-refractivity contribution is -0.373. The van der Waals surface area contributed by atoms with Crippen LogP contribution in [0.15, 0.2) is 36.4 Å². The largest absolute Gasteiger partial charge is 0.505 e. The molecule has 1 N–H and O–H groups in total. The SMILES string of the molecule is CCCCCc1cc(C#Cc2cc(OCCN(OCCOC)OCCOC)cc(I)n2)c(O)c(C#Cc2cc(OCCN(OCCOC)OCCOC)cc(I)n2)c1. The highest BCUT2D eigenvalue weighted by molar-refractivity contribution is 14.1. The van der Waals surface area contributed by atoms with Crippen molar-refractivity contribution in [1.82, 2.24) is 20.4 Å². The van der Waals surface area contributed by atoms with E-state index >= 15 is 0 Å². The number of halogens is 2. The van der Waals surface area contributed by atoms with Crippen LogP contribution in [0.2, 0.25) is 0 Å². The van der Waals surface area contributed by atoms with Crippen LogP contribution in [0.25, 0.3) is 0 Å². The molecule has 3 rings (SSSR count). The molecule has 0 atom stereocenters. The molecule has 0 unspecified atom stereocenters. The Morgan fingerprint density at radius 1 is 0.552 bits per heavy atom. The number of aryl methyl sites for hydroxylation is 1. The van der Waals surface area contributed by atoms with Crippen molar-refractivity contribution in [3.63, 3.8) is 0 Å². The first kappa shape index (κ1) is 49.5. The molecule has 0 bridgehead atoms. The number of nitrogens with zero attached hydrogens (tertiary/aromatic N) is 4. The third-order valence-corrected chi connectivity index (χ3v) is 8.71. The minimum Gasteiger partial charge on any atom is -0.505 e. The van der Waals surface area contributed by atoms with Gasteiger partial charge in [-0.05, 0) is 87.6 Å². The zero-order valence-electron chi connectivity index (χ0n) is 33.9. The summed E-state index contributed by atoms with van der Waals surface area (Å²) in [6, 6.07) is 11.0. The summed E-state index contributed by atoms with van der Waals surface area (Å²) in [5.74, 6) is 13.6. The summed E-state index contributed by atoms with van der Waals surface area (Å²) in [7, 11) is 6.41. The van der Waals surface area contributed by atoms with Crippen molar-refractivity contribution < 1.29 is 52.9 Å². The summed E-state index contributed by atoms with van der Waals surface area (Å²) in [6.45, 7) is 6.34. The second-order valence-electron chi connectivity index (χ2n) is 12.1. The van der Waals surface area contributed by atoms with Crippen LogP contribution in [-0.2, 0) is 44.7 Å². The van der Waals surface area contributed by atoms with Gasteiger partial charge in [0.2, 0.25) is 0 Å². The number of pyridine rings is 2. The number of ether oxygens (including phenoxy) is 6. The molecule has 0 spiro atoms. The lowest BCUT2D eigenvalue weighted by Crippen LogP contribution is -2.31. The molecule has 0 radical (unpaired) electrons. The first-order valence-electron chi connectivity index (χ1n) is 18.8. The zero-order valence-corrected chi connectivity index (χ0v) is 38.2.